The summed E-state index contributed by atoms with van der Waals surface area (Å²) < 4.78 is 0. The predicted octanol–water partition coefficient (Wildman–Crippen LogP) is 8.40. The zero-order valence-corrected chi connectivity index (χ0v) is 22.3. The average Bonchev–Trinajstić information content (AvgIpc) is 3.39. The number of hydrogen-bond donors (Lipinski definition) is 0. The number of benzene rings is 4. The molecular weight excluding hydrogens is 629 g/mol. The van der Waals surface area contributed by atoms with Gasteiger partial charge in [-0.25, -0.2) is 0 Å². The average molecular weight is 651 g/mol. The molecule has 3 heteroatoms. The molecule has 0 saturated carbocycles. The Balaban J connectivity index is 0.000000147. The van der Waals surface area contributed by atoms with Gasteiger partial charge in [0.2, 0.25) is 0 Å². The van der Waals surface area contributed by atoms with Gasteiger partial charge >= 0.3 is 0 Å². The first kappa shape index (κ1) is 24.5. The maximum atomic E-state index is 4.74. The van der Waals surface area contributed by atoms with Gasteiger partial charge in [0.15, 0.2) is 0 Å². The maximum absolute atomic E-state index is 4.74. The zero-order valence-electron chi connectivity index (χ0n) is 19.9. The van der Waals surface area contributed by atoms with Crippen LogP contribution >= 0.6 is 0 Å². The molecule has 0 amide bonds. The van der Waals surface area contributed by atoms with Crippen molar-refractivity contribution in [3.63, 3.8) is 0 Å². The quantitative estimate of drug-likeness (QED) is 0.180. The molecule has 2 nitrogen and oxygen atoms in total. The smallest absolute Gasteiger partial charge is 0.0607 e. The second-order valence-corrected chi connectivity index (χ2v) is 8.52. The van der Waals surface area contributed by atoms with Gasteiger partial charge in [-0.2, -0.15) is 0 Å². The van der Waals surface area contributed by atoms with Gasteiger partial charge in [-0.15, -0.1) is 71.8 Å². The molecule has 6 aromatic rings. The van der Waals surface area contributed by atoms with E-state index >= 15 is 0 Å². The summed E-state index contributed by atoms with van der Waals surface area (Å²) in [6, 6.07) is 45.1. The van der Waals surface area contributed by atoms with Crippen LogP contribution < -0.4 is 0 Å². The molecule has 2 heterocycles. The van der Waals surface area contributed by atoms with Crippen LogP contribution in [0.25, 0.3) is 56.7 Å². The SMILES string of the molecule is [Ir].[c-]1ccccc1-c1cc(-c2ccccc2)ccn1.[c-]1ccccc1-c1cc2c3c(cccc3n1)C=C2. The van der Waals surface area contributed by atoms with Crippen molar-refractivity contribution in [2.24, 2.45) is 0 Å². The molecule has 0 unspecified atom stereocenters. The van der Waals surface area contributed by atoms with Crippen LogP contribution in [-0.4, -0.2) is 9.97 Å². The summed E-state index contributed by atoms with van der Waals surface area (Å²) in [7, 11) is 0. The largest absolute Gasteiger partial charge is 0.305 e. The van der Waals surface area contributed by atoms with Gasteiger partial charge in [-0.1, -0.05) is 66.7 Å². The second kappa shape index (κ2) is 11.3. The van der Waals surface area contributed by atoms with E-state index < -0.39 is 0 Å². The maximum Gasteiger partial charge on any atom is 0.0607 e. The molecule has 0 saturated heterocycles. The zero-order chi connectivity index (χ0) is 24.2. The Bertz CT molecular complexity index is 1610. The van der Waals surface area contributed by atoms with Crippen LogP contribution in [0.15, 0.2) is 121 Å². The molecule has 0 bridgehead atoms. The summed E-state index contributed by atoms with van der Waals surface area (Å²) in [5.74, 6) is 0. The first-order valence-electron chi connectivity index (χ1n) is 11.9. The summed E-state index contributed by atoms with van der Waals surface area (Å²) in [5.41, 5.74) is 9.97. The number of nitrogens with zero attached hydrogens (tertiary/aromatic N) is 2. The summed E-state index contributed by atoms with van der Waals surface area (Å²) in [5, 5.41) is 1.26. The normalized spacial score (nSPS) is 10.9. The van der Waals surface area contributed by atoms with Gasteiger partial charge in [0.05, 0.1) is 5.52 Å². The third-order valence-electron chi connectivity index (χ3n) is 6.18. The Morgan fingerprint density at radius 1 is 0.541 bits per heavy atom. The van der Waals surface area contributed by atoms with E-state index in [1.165, 1.54) is 27.6 Å². The van der Waals surface area contributed by atoms with Crippen LogP contribution in [0.1, 0.15) is 11.1 Å². The number of rotatable bonds is 3. The van der Waals surface area contributed by atoms with E-state index in [0.717, 1.165) is 28.0 Å². The fraction of sp³-hybridized carbons (Fsp3) is 0. The molecule has 2 aromatic heterocycles. The Kier molecular flexibility index (Phi) is 7.46. The fourth-order valence-corrected chi connectivity index (χ4v) is 4.43. The van der Waals surface area contributed by atoms with Gasteiger partial charge in [-0.3, -0.25) is 4.98 Å². The summed E-state index contributed by atoms with van der Waals surface area (Å²) >= 11 is 0. The van der Waals surface area contributed by atoms with Gasteiger partial charge in [0.1, 0.15) is 0 Å². The Morgan fingerprint density at radius 2 is 1.24 bits per heavy atom. The molecule has 0 fully saturated rings. The molecule has 179 valence electrons. The topological polar surface area (TPSA) is 25.8 Å². The van der Waals surface area contributed by atoms with E-state index in [9.17, 15) is 0 Å². The Labute approximate surface area is 230 Å². The molecule has 0 spiro atoms. The minimum atomic E-state index is 0. The van der Waals surface area contributed by atoms with Crippen LogP contribution in [0.4, 0.5) is 0 Å². The van der Waals surface area contributed by atoms with Crippen molar-refractivity contribution in [1.82, 2.24) is 9.97 Å². The van der Waals surface area contributed by atoms with Crippen molar-refractivity contribution in [3.8, 4) is 33.6 Å². The predicted molar refractivity (Wildman–Crippen MR) is 149 cm³/mol. The third kappa shape index (κ3) is 5.34. The molecule has 0 aliphatic heterocycles. The van der Waals surface area contributed by atoms with Gasteiger partial charge in [-0.05, 0) is 45.8 Å². The van der Waals surface area contributed by atoms with Crippen LogP contribution in [0.3, 0.4) is 0 Å². The number of aromatic nitrogens is 2. The monoisotopic (exact) mass is 651 g/mol. The summed E-state index contributed by atoms with van der Waals surface area (Å²) in [6.07, 6.45) is 6.15. The molecule has 1 aliphatic carbocycles. The minimum absolute atomic E-state index is 0. The van der Waals surface area contributed by atoms with Gasteiger partial charge in [0.25, 0.3) is 0 Å². The van der Waals surface area contributed by atoms with Crippen molar-refractivity contribution in [2.75, 3.05) is 0 Å². The van der Waals surface area contributed by atoms with Crippen LogP contribution in [0.5, 0.6) is 0 Å². The minimum Gasteiger partial charge on any atom is -0.305 e. The van der Waals surface area contributed by atoms with Crippen molar-refractivity contribution < 1.29 is 20.1 Å². The number of hydrogen-bond acceptors (Lipinski definition) is 2. The van der Waals surface area contributed by atoms with Crippen LogP contribution in [-0.2, 0) is 20.1 Å². The van der Waals surface area contributed by atoms with E-state index in [0.29, 0.717) is 0 Å². The molecule has 7 rings (SSSR count). The Morgan fingerprint density at radius 3 is 1.97 bits per heavy atom. The molecule has 0 atom stereocenters. The van der Waals surface area contributed by atoms with Crippen molar-refractivity contribution in [2.45, 2.75) is 0 Å². The van der Waals surface area contributed by atoms with Crippen molar-refractivity contribution in [1.29, 1.82) is 0 Å². The summed E-state index contributed by atoms with van der Waals surface area (Å²) in [6.45, 7) is 0. The van der Waals surface area contributed by atoms with Crippen molar-refractivity contribution in [3.05, 3.63) is 145 Å². The first-order chi connectivity index (χ1) is 17.8. The molecule has 1 aliphatic rings. The molecule has 37 heavy (non-hydrogen) atoms. The fourth-order valence-electron chi connectivity index (χ4n) is 4.43. The van der Waals surface area contributed by atoms with Crippen LogP contribution in [0.2, 0.25) is 0 Å². The Hall–Kier alpha value is -4.17. The standard InChI is InChI=1S/C17H10N.C17H12N.Ir/c1-2-5-12(6-3-1)16-11-14-10-9-13-7-4-8-15(18-16)17(13)14;1-3-7-14(8-4-1)16-11-12-18-17(13-16)15-9-5-2-6-10-15;/h1-5,7-11H;1-9,11-13H;/q2*-1;. The van der Waals surface area contributed by atoms with E-state index in [1.54, 1.807) is 0 Å². The second-order valence-electron chi connectivity index (χ2n) is 8.52. The van der Waals surface area contributed by atoms with E-state index in [4.69, 9.17) is 4.98 Å². The van der Waals surface area contributed by atoms with Crippen LogP contribution in [0, 0.1) is 12.1 Å². The third-order valence-corrected chi connectivity index (χ3v) is 6.18. The molecule has 0 N–H and O–H groups in total. The molecule has 4 aromatic carbocycles. The molecule has 1 radical (unpaired) electrons. The van der Waals surface area contributed by atoms with E-state index in [2.05, 4.69) is 71.7 Å². The summed E-state index contributed by atoms with van der Waals surface area (Å²) in [4.78, 5) is 9.14. The van der Waals surface area contributed by atoms with E-state index in [-0.39, 0.29) is 20.1 Å². The van der Waals surface area contributed by atoms with Gasteiger partial charge < -0.3 is 4.98 Å². The van der Waals surface area contributed by atoms with Gasteiger partial charge in [0, 0.05) is 31.7 Å². The first-order valence-corrected chi connectivity index (χ1v) is 11.9. The molecular formula is C34H22IrN2-2. The number of pyridine rings is 2. The van der Waals surface area contributed by atoms with Crippen molar-refractivity contribution >= 4 is 23.1 Å². The van der Waals surface area contributed by atoms with E-state index in [1.807, 2.05) is 79.0 Å².